The molecule has 0 heterocycles. The third-order valence-electron chi connectivity index (χ3n) is 2.62. The first-order valence-corrected chi connectivity index (χ1v) is 6.43. The van der Waals surface area contributed by atoms with Gasteiger partial charge in [-0.05, 0) is 18.1 Å². The summed E-state index contributed by atoms with van der Waals surface area (Å²) in [7, 11) is 0. The van der Waals surface area contributed by atoms with Crippen LogP contribution in [0.2, 0.25) is 0 Å². The van der Waals surface area contributed by atoms with Gasteiger partial charge in [-0.3, -0.25) is 0 Å². The normalized spacial score (nSPS) is 8.62. The maximum atomic E-state index is 9.84. The van der Waals surface area contributed by atoms with Crippen molar-refractivity contribution in [1.29, 1.82) is 0 Å². The third kappa shape index (κ3) is 7.38. The van der Waals surface area contributed by atoms with E-state index in [2.05, 4.69) is 29.0 Å². The SMILES string of the molecule is Cc1ccccc1.O=C=NCc1ccc(CN=C=O)cc1. The van der Waals surface area contributed by atoms with Crippen LogP contribution in [0.15, 0.2) is 64.6 Å². The molecular weight excluding hydrogens is 264 g/mol. The Labute approximate surface area is 123 Å². The maximum absolute atomic E-state index is 9.84. The summed E-state index contributed by atoms with van der Waals surface area (Å²) in [5, 5.41) is 0. The topological polar surface area (TPSA) is 58.9 Å². The predicted octanol–water partition coefficient (Wildman–Crippen LogP) is 3.35. The first-order chi connectivity index (χ1) is 10.3. The number of rotatable bonds is 4. The molecule has 0 fully saturated rings. The third-order valence-corrected chi connectivity index (χ3v) is 2.62. The van der Waals surface area contributed by atoms with Crippen LogP contribution in [-0.2, 0) is 22.7 Å². The molecule has 0 radical (unpaired) electrons. The summed E-state index contributed by atoms with van der Waals surface area (Å²) in [6.45, 7) is 2.75. The van der Waals surface area contributed by atoms with Crippen molar-refractivity contribution >= 4 is 12.2 Å². The number of carbonyl (C=O) groups excluding carboxylic acids is 2. The first-order valence-electron chi connectivity index (χ1n) is 6.43. The molecule has 0 atom stereocenters. The molecule has 0 aliphatic heterocycles. The van der Waals surface area contributed by atoms with Gasteiger partial charge in [0.2, 0.25) is 12.2 Å². The van der Waals surface area contributed by atoms with Crippen LogP contribution >= 0.6 is 0 Å². The quantitative estimate of drug-likeness (QED) is 0.637. The maximum Gasteiger partial charge on any atom is 0.235 e. The largest absolute Gasteiger partial charge is 0.235 e. The van der Waals surface area contributed by atoms with Crippen LogP contribution in [0.4, 0.5) is 0 Å². The zero-order chi connectivity index (χ0) is 15.3. The molecule has 0 saturated heterocycles. The highest BCUT2D eigenvalue weighted by atomic mass is 16.1. The van der Waals surface area contributed by atoms with Crippen molar-refractivity contribution in [2.75, 3.05) is 0 Å². The van der Waals surface area contributed by atoms with E-state index in [-0.39, 0.29) is 0 Å². The minimum Gasteiger partial charge on any atom is -0.211 e. The van der Waals surface area contributed by atoms with Gasteiger partial charge in [0.05, 0.1) is 13.1 Å². The average Bonchev–Trinajstić information content (AvgIpc) is 2.53. The number of hydrogen-bond acceptors (Lipinski definition) is 4. The second-order valence-corrected chi connectivity index (χ2v) is 4.29. The Bertz CT molecular complexity index is 585. The monoisotopic (exact) mass is 280 g/mol. The molecule has 0 aromatic heterocycles. The van der Waals surface area contributed by atoms with Gasteiger partial charge in [-0.25, -0.2) is 19.6 Å². The van der Waals surface area contributed by atoms with E-state index in [1.807, 2.05) is 42.5 Å². The Morgan fingerprint density at radius 2 is 1.19 bits per heavy atom. The van der Waals surface area contributed by atoms with Gasteiger partial charge in [-0.15, -0.1) is 0 Å². The molecule has 2 aromatic carbocycles. The highest BCUT2D eigenvalue weighted by molar-refractivity contribution is 5.35. The van der Waals surface area contributed by atoms with E-state index >= 15 is 0 Å². The summed E-state index contributed by atoms with van der Waals surface area (Å²) in [4.78, 5) is 26.6. The zero-order valence-electron chi connectivity index (χ0n) is 11.8. The van der Waals surface area contributed by atoms with E-state index in [0.29, 0.717) is 13.1 Å². The van der Waals surface area contributed by atoms with Crippen molar-refractivity contribution in [2.45, 2.75) is 20.0 Å². The first kappa shape index (κ1) is 16.3. The molecule has 4 heteroatoms. The minimum atomic E-state index is 0.334. The molecule has 21 heavy (non-hydrogen) atoms. The van der Waals surface area contributed by atoms with E-state index < -0.39 is 0 Å². The van der Waals surface area contributed by atoms with E-state index in [1.54, 1.807) is 0 Å². The van der Waals surface area contributed by atoms with Crippen molar-refractivity contribution in [3.63, 3.8) is 0 Å². The van der Waals surface area contributed by atoms with Crippen molar-refractivity contribution in [2.24, 2.45) is 9.98 Å². The highest BCUT2D eigenvalue weighted by Gasteiger charge is 1.92. The number of aryl methyl sites for hydroxylation is 1. The van der Waals surface area contributed by atoms with Gasteiger partial charge >= 0.3 is 0 Å². The van der Waals surface area contributed by atoms with E-state index in [9.17, 15) is 9.59 Å². The number of isocyanates is 2. The highest BCUT2D eigenvalue weighted by Crippen LogP contribution is 2.06. The van der Waals surface area contributed by atoms with Crippen molar-refractivity contribution in [3.05, 3.63) is 71.3 Å². The summed E-state index contributed by atoms with van der Waals surface area (Å²) in [6.07, 6.45) is 2.94. The lowest BCUT2D eigenvalue weighted by atomic mass is 10.1. The van der Waals surface area contributed by atoms with Crippen LogP contribution in [0.5, 0.6) is 0 Å². The fraction of sp³-hybridized carbons (Fsp3) is 0.176. The fourth-order valence-corrected chi connectivity index (χ4v) is 1.53. The van der Waals surface area contributed by atoms with Gasteiger partial charge in [0.25, 0.3) is 0 Å². The van der Waals surface area contributed by atoms with Gasteiger partial charge in [-0.2, -0.15) is 0 Å². The minimum absolute atomic E-state index is 0.334. The number of nitrogens with zero attached hydrogens (tertiary/aromatic N) is 2. The molecule has 106 valence electrons. The van der Waals surface area contributed by atoms with Gasteiger partial charge in [0.1, 0.15) is 0 Å². The molecule has 0 aliphatic rings. The summed E-state index contributed by atoms with van der Waals surface area (Å²) in [5.41, 5.74) is 3.17. The van der Waals surface area contributed by atoms with Gasteiger partial charge < -0.3 is 0 Å². The molecule has 2 rings (SSSR count). The van der Waals surface area contributed by atoms with Crippen molar-refractivity contribution in [3.8, 4) is 0 Å². The van der Waals surface area contributed by atoms with E-state index in [1.165, 1.54) is 17.7 Å². The smallest absolute Gasteiger partial charge is 0.211 e. The molecule has 0 N–H and O–H groups in total. The second kappa shape index (κ2) is 10.0. The Kier molecular flexibility index (Phi) is 7.77. The number of benzene rings is 2. The van der Waals surface area contributed by atoms with Crippen molar-refractivity contribution in [1.82, 2.24) is 0 Å². The Balaban J connectivity index is 0.000000262. The Morgan fingerprint density at radius 3 is 1.48 bits per heavy atom. The zero-order valence-corrected chi connectivity index (χ0v) is 11.8. The number of aliphatic imine (C=N–C) groups is 2. The van der Waals surface area contributed by atoms with Crippen LogP contribution < -0.4 is 0 Å². The average molecular weight is 280 g/mol. The lowest BCUT2D eigenvalue weighted by molar-refractivity contribution is 0.562. The predicted molar refractivity (Wildman–Crippen MR) is 81.3 cm³/mol. The molecule has 0 unspecified atom stereocenters. The summed E-state index contributed by atoms with van der Waals surface area (Å²) >= 11 is 0. The van der Waals surface area contributed by atoms with Crippen LogP contribution in [-0.4, -0.2) is 12.2 Å². The molecule has 2 aromatic rings. The molecule has 0 aliphatic carbocycles. The summed E-state index contributed by atoms with van der Waals surface area (Å²) in [5.74, 6) is 0. The van der Waals surface area contributed by atoms with Gasteiger partial charge in [-0.1, -0.05) is 60.2 Å². The fourth-order valence-electron chi connectivity index (χ4n) is 1.53. The molecule has 4 nitrogen and oxygen atoms in total. The Morgan fingerprint density at radius 1 is 0.762 bits per heavy atom. The van der Waals surface area contributed by atoms with E-state index in [0.717, 1.165) is 11.1 Å². The van der Waals surface area contributed by atoms with Crippen LogP contribution in [0.3, 0.4) is 0 Å². The summed E-state index contributed by atoms with van der Waals surface area (Å²) < 4.78 is 0. The lowest BCUT2D eigenvalue weighted by Gasteiger charge is -1.97. The molecule has 0 saturated carbocycles. The van der Waals surface area contributed by atoms with Gasteiger partial charge in [0, 0.05) is 0 Å². The Hall–Kier alpha value is -2.80. The number of hydrogen-bond donors (Lipinski definition) is 0. The van der Waals surface area contributed by atoms with Crippen LogP contribution in [0, 0.1) is 6.92 Å². The van der Waals surface area contributed by atoms with Gasteiger partial charge in [0.15, 0.2) is 0 Å². The van der Waals surface area contributed by atoms with Crippen molar-refractivity contribution < 1.29 is 9.59 Å². The molecular formula is C17H16N2O2. The molecule has 0 amide bonds. The molecule has 0 bridgehead atoms. The second-order valence-electron chi connectivity index (χ2n) is 4.29. The van der Waals surface area contributed by atoms with E-state index in [4.69, 9.17) is 0 Å². The summed E-state index contributed by atoms with van der Waals surface area (Å²) in [6, 6.07) is 17.6. The molecule has 0 spiro atoms. The lowest BCUT2D eigenvalue weighted by Crippen LogP contribution is -1.84. The van der Waals surface area contributed by atoms with Crippen LogP contribution in [0.25, 0.3) is 0 Å². The standard InChI is InChI=1S/C10H8N2O2.C7H8/c13-7-11-5-9-1-2-10(4-3-9)6-12-8-14;1-7-5-3-2-4-6-7/h1-4H,5-6H2;2-6H,1H3. The van der Waals surface area contributed by atoms with Crippen LogP contribution in [0.1, 0.15) is 16.7 Å².